The van der Waals surface area contributed by atoms with Gasteiger partial charge in [-0.05, 0) is 67.9 Å². The van der Waals surface area contributed by atoms with Crippen LogP contribution < -0.4 is 25.5 Å². The Kier molecular flexibility index (Phi) is 5.25. The zero-order valence-corrected chi connectivity index (χ0v) is 24.4. The predicted molar refractivity (Wildman–Crippen MR) is 182 cm³/mol. The van der Waals surface area contributed by atoms with Gasteiger partial charge in [0.2, 0.25) is 0 Å². The highest BCUT2D eigenvalue weighted by atomic mass is 28.3. The average Bonchev–Trinajstić information content (AvgIpc) is 3.41. The summed E-state index contributed by atoms with van der Waals surface area (Å²) in [6.07, 6.45) is 0. The molecular formula is C40H27NOSi. The molecule has 43 heavy (non-hydrogen) atoms. The van der Waals surface area contributed by atoms with Crippen LogP contribution in [0.3, 0.4) is 0 Å². The fourth-order valence-corrected chi connectivity index (χ4v) is 12.2. The first kappa shape index (κ1) is 24.2. The van der Waals surface area contributed by atoms with Crippen LogP contribution in [0.2, 0.25) is 0 Å². The van der Waals surface area contributed by atoms with Gasteiger partial charge in [-0.3, -0.25) is 0 Å². The standard InChI is InChI=1S/C40H27NOSi/c1-2-12-29-27-32(24-21-28(29)11-1)43(39-19-9-7-17-37(39)42-38-18-8-10-20-40(38)43)31-25-22-30(23-26-31)41-35-15-5-3-13-33(35)34-14-4-6-16-36(34)41/h1-27H. The maximum absolute atomic E-state index is 6.57. The molecule has 7 aromatic carbocycles. The number of ether oxygens (including phenoxy) is 1. The molecule has 1 aromatic heterocycles. The lowest BCUT2D eigenvalue weighted by Gasteiger charge is -2.39. The number of fused-ring (bicyclic) bond motifs is 6. The van der Waals surface area contributed by atoms with Gasteiger partial charge in [-0.1, -0.05) is 127 Å². The lowest BCUT2D eigenvalue weighted by atomic mass is 10.1. The Morgan fingerprint density at radius 2 is 0.930 bits per heavy atom. The molecule has 0 saturated carbocycles. The smallest absolute Gasteiger partial charge is 0.188 e. The van der Waals surface area contributed by atoms with E-state index in [4.69, 9.17) is 4.74 Å². The zero-order valence-electron chi connectivity index (χ0n) is 23.4. The van der Waals surface area contributed by atoms with E-state index < -0.39 is 8.07 Å². The highest BCUT2D eigenvalue weighted by molar-refractivity contribution is 7.20. The molecule has 202 valence electrons. The lowest BCUT2D eigenvalue weighted by Crippen LogP contribution is -2.76. The fraction of sp³-hybridized carbons (Fsp3) is 0. The summed E-state index contributed by atoms with van der Waals surface area (Å²) in [7, 11) is -2.74. The van der Waals surface area contributed by atoms with Crippen molar-refractivity contribution in [1.82, 2.24) is 4.57 Å². The summed E-state index contributed by atoms with van der Waals surface area (Å²) in [5, 5.41) is 10.3. The molecule has 0 bridgehead atoms. The van der Waals surface area contributed by atoms with Gasteiger partial charge in [0.15, 0.2) is 8.07 Å². The van der Waals surface area contributed by atoms with Crippen LogP contribution in [0.1, 0.15) is 0 Å². The monoisotopic (exact) mass is 565 g/mol. The first-order valence-electron chi connectivity index (χ1n) is 14.8. The van der Waals surface area contributed by atoms with E-state index in [1.54, 1.807) is 0 Å². The Morgan fingerprint density at radius 3 is 1.58 bits per heavy atom. The van der Waals surface area contributed by atoms with Crippen molar-refractivity contribution in [3.8, 4) is 17.2 Å². The summed E-state index contributed by atoms with van der Waals surface area (Å²) in [4.78, 5) is 0. The van der Waals surface area contributed by atoms with Crippen molar-refractivity contribution in [2.24, 2.45) is 0 Å². The Labute approximate surface area is 251 Å². The van der Waals surface area contributed by atoms with Crippen LogP contribution in [0.4, 0.5) is 0 Å². The number of hydrogen-bond donors (Lipinski definition) is 0. The van der Waals surface area contributed by atoms with Crippen LogP contribution in [0, 0.1) is 0 Å². The van der Waals surface area contributed by atoms with Crippen LogP contribution >= 0.6 is 0 Å². The number of benzene rings is 7. The SMILES string of the molecule is c1ccc2c(c1)Oc1ccccc1[Si]2(c1ccc(-n2c3ccccc3c3ccccc32)cc1)c1ccc2ccccc2c1. The Hall–Kier alpha value is -5.38. The van der Waals surface area contributed by atoms with Gasteiger partial charge < -0.3 is 9.30 Å². The van der Waals surface area contributed by atoms with Crippen molar-refractivity contribution in [3.05, 3.63) is 164 Å². The van der Waals surface area contributed by atoms with Gasteiger partial charge >= 0.3 is 0 Å². The third kappa shape index (κ3) is 3.46. The number of rotatable bonds is 3. The second-order valence-corrected chi connectivity index (χ2v) is 15.1. The molecule has 0 unspecified atom stereocenters. The molecule has 0 aliphatic carbocycles. The topological polar surface area (TPSA) is 14.2 Å². The van der Waals surface area contributed by atoms with Crippen molar-refractivity contribution < 1.29 is 4.74 Å². The first-order valence-corrected chi connectivity index (χ1v) is 16.8. The summed E-state index contributed by atoms with van der Waals surface area (Å²) in [6.45, 7) is 0. The van der Waals surface area contributed by atoms with Crippen molar-refractivity contribution in [2.75, 3.05) is 0 Å². The van der Waals surface area contributed by atoms with Crippen molar-refractivity contribution in [3.63, 3.8) is 0 Å². The minimum Gasteiger partial charge on any atom is -0.458 e. The van der Waals surface area contributed by atoms with Gasteiger partial charge in [0.25, 0.3) is 0 Å². The molecule has 2 nitrogen and oxygen atoms in total. The molecule has 0 amide bonds. The van der Waals surface area contributed by atoms with Crippen molar-refractivity contribution in [2.45, 2.75) is 0 Å². The average molecular weight is 566 g/mol. The molecule has 0 atom stereocenters. The zero-order chi connectivity index (χ0) is 28.4. The number of hydrogen-bond acceptors (Lipinski definition) is 1. The molecule has 0 spiro atoms. The molecule has 1 aliphatic heterocycles. The van der Waals surface area contributed by atoms with Gasteiger partial charge in [0, 0.05) is 16.5 Å². The molecule has 2 heterocycles. The van der Waals surface area contributed by atoms with E-state index in [1.807, 2.05) is 0 Å². The maximum Gasteiger partial charge on any atom is 0.188 e. The highest BCUT2D eigenvalue weighted by Crippen LogP contribution is 2.33. The lowest BCUT2D eigenvalue weighted by molar-refractivity contribution is 0.487. The summed E-state index contributed by atoms with van der Waals surface area (Å²) >= 11 is 0. The Balaban J connectivity index is 1.34. The normalized spacial score (nSPS) is 13.5. The van der Waals surface area contributed by atoms with Gasteiger partial charge in [-0.2, -0.15) is 0 Å². The third-order valence-electron chi connectivity index (χ3n) is 9.12. The molecule has 0 fully saturated rings. The quantitative estimate of drug-likeness (QED) is 0.203. The van der Waals surface area contributed by atoms with Crippen LogP contribution in [0.25, 0.3) is 38.3 Å². The molecule has 0 saturated heterocycles. The fourth-order valence-electron chi connectivity index (χ4n) is 7.27. The largest absolute Gasteiger partial charge is 0.458 e. The van der Waals surface area contributed by atoms with Crippen LogP contribution in [0.15, 0.2) is 164 Å². The van der Waals surface area contributed by atoms with Crippen LogP contribution in [0.5, 0.6) is 11.5 Å². The van der Waals surface area contributed by atoms with E-state index in [0.717, 1.165) is 17.2 Å². The summed E-state index contributed by atoms with van der Waals surface area (Å²) in [5.74, 6) is 1.90. The van der Waals surface area contributed by atoms with E-state index >= 15 is 0 Å². The summed E-state index contributed by atoms with van der Waals surface area (Å²) in [6, 6.07) is 59.8. The summed E-state index contributed by atoms with van der Waals surface area (Å²) < 4.78 is 8.97. The van der Waals surface area contributed by atoms with E-state index in [0.29, 0.717) is 0 Å². The predicted octanol–water partition coefficient (Wildman–Crippen LogP) is 7.42. The molecule has 0 N–H and O–H groups in total. The van der Waals surface area contributed by atoms with E-state index in [1.165, 1.54) is 53.3 Å². The van der Waals surface area contributed by atoms with Crippen molar-refractivity contribution in [1.29, 1.82) is 0 Å². The molecule has 8 aromatic rings. The van der Waals surface area contributed by atoms with Crippen LogP contribution in [-0.2, 0) is 0 Å². The molecule has 3 heteroatoms. The molecule has 1 aliphatic rings. The van der Waals surface area contributed by atoms with Gasteiger partial charge in [-0.15, -0.1) is 0 Å². The third-order valence-corrected chi connectivity index (χ3v) is 13.9. The number of para-hydroxylation sites is 4. The Morgan fingerprint density at radius 1 is 0.419 bits per heavy atom. The first-order chi connectivity index (χ1) is 21.3. The number of aromatic nitrogens is 1. The Bertz CT molecular complexity index is 2230. The second-order valence-electron chi connectivity index (χ2n) is 11.3. The second kappa shape index (κ2) is 9.31. The molecular weight excluding hydrogens is 539 g/mol. The highest BCUT2D eigenvalue weighted by Gasteiger charge is 2.47. The van der Waals surface area contributed by atoms with E-state index in [9.17, 15) is 0 Å². The molecule has 0 radical (unpaired) electrons. The van der Waals surface area contributed by atoms with Gasteiger partial charge in [0.1, 0.15) is 11.5 Å². The van der Waals surface area contributed by atoms with Gasteiger partial charge in [0.05, 0.1) is 11.0 Å². The molecule has 9 rings (SSSR count). The minimum atomic E-state index is -2.74. The summed E-state index contributed by atoms with van der Waals surface area (Å²) in [5.41, 5.74) is 3.61. The van der Waals surface area contributed by atoms with Crippen LogP contribution in [-0.4, -0.2) is 12.6 Å². The van der Waals surface area contributed by atoms with E-state index in [2.05, 4.69) is 168 Å². The van der Waals surface area contributed by atoms with Gasteiger partial charge in [-0.25, -0.2) is 0 Å². The minimum absolute atomic E-state index is 0.951. The van der Waals surface area contributed by atoms with Crippen molar-refractivity contribution >= 4 is 61.4 Å². The van der Waals surface area contributed by atoms with E-state index in [-0.39, 0.29) is 0 Å². The number of nitrogens with zero attached hydrogens (tertiary/aromatic N) is 1. The maximum atomic E-state index is 6.57.